The summed E-state index contributed by atoms with van der Waals surface area (Å²) in [6, 6.07) is 5.72. The van der Waals surface area contributed by atoms with Crippen LogP contribution in [0.2, 0.25) is 0 Å². The molecule has 0 aliphatic heterocycles. The lowest BCUT2D eigenvalue weighted by molar-refractivity contribution is -0.121. The molecule has 0 bridgehead atoms. The molecule has 1 amide bonds. The van der Waals surface area contributed by atoms with Crippen molar-refractivity contribution in [2.75, 3.05) is 19.3 Å². The van der Waals surface area contributed by atoms with Crippen LogP contribution in [0, 0.1) is 5.82 Å². The van der Waals surface area contributed by atoms with Crippen LogP contribution in [-0.2, 0) is 21.4 Å². The topological polar surface area (TPSA) is 66.5 Å². The summed E-state index contributed by atoms with van der Waals surface area (Å²) < 4.78 is 36.4. The van der Waals surface area contributed by atoms with Crippen molar-refractivity contribution in [1.29, 1.82) is 0 Å². The molecule has 0 spiro atoms. The molecule has 5 nitrogen and oxygen atoms in total. The number of likely N-dealkylation sites (N-methyl/N-ethyl adjacent to an activating group) is 1. The summed E-state index contributed by atoms with van der Waals surface area (Å²) in [5.41, 5.74) is 0.747. The van der Waals surface area contributed by atoms with Gasteiger partial charge >= 0.3 is 0 Å². The molecule has 0 saturated heterocycles. The lowest BCUT2D eigenvalue weighted by atomic mass is 10.2. The Labute approximate surface area is 112 Å². The Bertz CT molecular complexity index is 528. The van der Waals surface area contributed by atoms with Gasteiger partial charge in [-0.3, -0.25) is 4.79 Å². The Hall–Kier alpha value is -1.47. The highest BCUT2D eigenvalue weighted by molar-refractivity contribution is 7.88. The highest BCUT2D eigenvalue weighted by Gasteiger charge is 2.17. The number of nitrogens with one attached hydrogen (secondary N) is 1. The molecule has 106 valence electrons. The van der Waals surface area contributed by atoms with E-state index in [2.05, 4.69) is 5.32 Å². The minimum absolute atomic E-state index is 0.212. The van der Waals surface area contributed by atoms with Crippen molar-refractivity contribution in [1.82, 2.24) is 9.62 Å². The van der Waals surface area contributed by atoms with Crippen molar-refractivity contribution in [2.45, 2.75) is 13.5 Å². The molecule has 1 N–H and O–H groups in total. The molecule has 1 aromatic rings. The maximum Gasteiger partial charge on any atom is 0.235 e. The molecule has 0 aliphatic carbocycles. The number of halogens is 1. The van der Waals surface area contributed by atoms with Crippen molar-refractivity contribution in [2.24, 2.45) is 0 Å². The molecule has 0 saturated carbocycles. The molecular weight excluding hydrogens is 271 g/mol. The summed E-state index contributed by atoms with van der Waals surface area (Å²) in [5, 5.41) is 2.59. The van der Waals surface area contributed by atoms with E-state index in [-0.39, 0.29) is 25.5 Å². The van der Waals surface area contributed by atoms with Crippen LogP contribution in [0.4, 0.5) is 4.39 Å². The number of rotatable bonds is 6. The summed E-state index contributed by atoms with van der Waals surface area (Å²) in [6.07, 6.45) is 1.06. The van der Waals surface area contributed by atoms with Gasteiger partial charge in [0.1, 0.15) is 5.82 Å². The van der Waals surface area contributed by atoms with E-state index >= 15 is 0 Å². The highest BCUT2D eigenvalue weighted by atomic mass is 32.2. The predicted molar refractivity (Wildman–Crippen MR) is 70.3 cm³/mol. The van der Waals surface area contributed by atoms with E-state index < -0.39 is 15.9 Å². The second-order valence-corrected chi connectivity index (χ2v) is 6.07. The van der Waals surface area contributed by atoms with Crippen LogP contribution in [0.25, 0.3) is 0 Å². The van der Waals surface area contributed by atoms with E-state index in [4.69, 9.17) is 0 Å². The number of nitrogens with zero attached hydrogens (tertiary/aromatic N) is 1. The third kappa shape index (κ3) is 5.35. The van der Waals surface area contributed by atoms with E-state index in [0.717, 1.165) is 16.1 Å². The SMILES string of the molecule is CCN(CC(=O)NCc1ccc(F)cc1)S(C)(=O)=O. The largest absolute Gasteiger partial charge is 0.351 e. The Morgan fingerprint density at radius 2 is 1.89 bits per heavy atom. The van der Waals surface area contributed by atoms with Crippen molar-refractivity contribution in [3.63, 3.8) is 0 Å². The number of hydrogen-bond acceptors (Lipinski definition) is 3. The van der Waals surface area contributed by atoms with Gasteiger partial charge in [0.05, 0.1) is 12.8 Å². The fourth-order valence-electron chi connectivity index (χ4n) is 1.48. The highest BCUT2D eigenvalue weighted by Crippen LogP contribution is 2.02. The van der Waals surface area contributed by atoms with Gasteiger partial charge in [-0.15, -0.1) is 0 Å². The molecule has 0 unspecified atom stereocenters. The van der Waals surface area contributed by atoms with Crippen LogP contribution in [0.1, 0.15) is 12.5 Å². The number of carbonyl (C=O) groups excluding carboxylic acids is 1. The molecular formula is C12H17FN2O3S. The zero-order valence-electron chi connectivity index (χ0n) is 10.9. The second kappa shape index (κ2) is 6.63. The van der Waals surface area contributed by atoms with Crippen molar-refractivity contribution in [3.8, 4) is 0 Å². The first-order chi connectivity index (χ1) is 8.82. The molecule has 0 fully saturated rings. The van der Waals surface area contributed by atoms with E-state index in [0.29, 0.717) is 0 Å². The monoisotopic (exact) mass is 288 g/mol. The van der Waals surface area contributed by atoms with Crippen molar-refractivity contribution >= 4 is 15.9 Å². The average Bonchev–Trinajstić information content (AvgIpc) is 2.34. The Kier molecular flexibility index (Phi) is 5.44. The van der Waals surface area contributed by atoms with Gasteiger partial charge < -0.3 is 5.32 Å². The first-order valence-corrected chi connectivity index (χ1v) is 7.64. The third-order valence-corrected chi connectivity index (χ3v) is 3.87. The standard InChI is InChI=1S/C12H17FN2O3S/c1-3-15(19(2,17)18)9-12(16)14-8-10-4-6-11(13)7-5-10/h4-7H,3,8-9H2,1-2H3,(H,14,16). The smallest absolute Gasteiger partial charge is 0.235 e. The van der Waals surface area contributed by atoms with Crippen LogP contribution >= 0.6 is 0 Å². The van der Waals surface area contributed by atoms with Gasteiger partial charge in [-0.2, -0.15) is 4.31 Å². The van der Waals surface area contributed by atoms with E-state index in [9.17, 15) is 17.6 Å². The van der Waals surface area contributed by atoms with Gasteiger partial charge in [0.15, 0.2) is 0 Å². The molecule has 19 heavy (non-hydrogen) atoms. The summed E-state index contributed by atoms with van der Waals surface area (Å²) in [7, 11) is -3.38. The first kappa shape index (κ1) is 15.6. The molecule has 1 rings (SSSR count). The molecule has 0 heterocycles. The number of benzene rings is 1. The van der Waals surface area contributed by atoms with E-state index in [1.165, 1.54) is 12.1 Å². The first-order valence-electron chi connectivity index (χ1n) is 5.79. The normalized spacial score (nSPS) is 11.6. The lowest BCUT2D eigenvalue weighted by Crippen LogP contribution is -2.39. The minimum Gasteiger partial charge on any atom is -0.351 e. The Balaban J connectivity index is 2.50. The van der Waals surface area contributed by atoms with Crippen LogP contribution < -0.4 is 5.32 Å². The summed E-state index contributed by atoms with van der Waals surface area (Å²) in [4.78, 5) is 11.6. The van der Waals surface area contributed by atoms with E-state index in [1.54, 1.807) is 19.1 Å². The minimum atomic E-state index is -3.38. The summed E-state index contributed by atoms with van der Waals surface area (Å²) in [6.45, 7) is 1.92. The molecule has 0 aliphatic rings. The average molecular weight is 288 g/mol. The quantitative estimate of drug-likeness (QED) is 0.839. The van der Waals surface area contributed by atoms with Crippen LogP contribution in [0.15, 0.2) is 24.3 Å². The Morgan fingerprint density at radius 3 is 2.37 bits per heavy atom. The van der Waals surface area contributed by atoms with Gasteiger partial charge in [-0.05, 0) is 17.7 Å². The van der Waals surface area contributed by atoms with Gasteiger partial charge in [0.25, 0.3) is 0 Å². The third-order valence-electron chi connectivity index (χ3n) is 2.54. The molecule has 0 aromatic heterocycles. The van der Waals surface area contributed by atoms with Crippen LogP contribution in [0.5, 0.6) is 0 Å². The van der Waals surface area contributed by atoms with Crippen molar-refractivity contribution in [3.05, 3.63) is 35.6 Å². The molecule has 0 radical (unpaired) electrons. The lowest BCUT2D eigenvalue weighted by Gasteiger charge is -2.17. The number of hydrogen-bond donors (Lipinski definition) is 1. The fraction of sp³-hybridized carbons (Fsp3) is 0.417. The summed E-state index contributed by atoms with van der Waals surface area (Å²) >= 11 is 0. The number of sulfonamides is 1. The van der Waals surface area contributed by atoms with Crippen molar-refractivity contribution < 1.29 is 17.6 Å². The maximum atomic E-state index is 12.7. The second-order valence-electron chi connectivity index (χ2n) is 4.09. The molecule has 1 aromatic carbocycles. The van der Waals surface area contributed by atoms with Crippen LogP contribution in [-0.4, -0.2) is 38.0 Å². The zero-order valence-corrected chi connectivity index (χ0v) is 11.7. The van der Waals surface area contributed by atoms with Gasteiger partial charge in [-0.1, -0.05) is 19.1 Å². The van der Waals surface area contributed by atoms with Gasteiger partial charge in [0, 0.05) is 13.1 Å². The fourth-order valence-corrected chi connectivity index (χ4v) is 2.30. The van der Waals surface area contributed by atoms with Gasteiger partial charge in [0.2, 0.25) is 15.9 Å². The van der Waals surface area contributed by atoms with Crippen LogP contribution in [0.3, 0.4) is 0 Å². The molecule has 7 heteroatoms. The van der Waals surface area contributed by atoms with Gasteiger partial charge in [-0.25, -0.2) is 12.8 Å². The summed E-state index contributed by atoms with van der Waals surface area (Å²) in [5.74, 6) is -0.735. The zero-order chi connectivity index (χ0) is 14.5. The molecule has 0 atom stereocenters. The maximum absolute atomic E-state index is 12.7. The number of amides is 1. The Morgan fingerprint density at radius 1 is 1.32 bits per heavy atom. The van der Waals surface area contributed by atoms with E-state index in [1.807, 2.05) is 0 Å². The number of carbonyl (C=O) groups is 1. The predicted octanol–water partition coefficient (Wildman–Crippen LogP) is 0.723.